The van der Waals surface area contributed by atoms with Crippen molar-refractivity contribution in [2.75, 3.05) is 18.2 Å². The number of aromatic nitrogens is 2. The van der Waals surface area contributed by atoms with Gasteiger partial charge in [-0.15, -0.1) is 10.2 Å². The van der Waals surface area contributed by atoms with E-state index in [0.717, 1.165) is 30.0 Å². The molecule has 1 aliphatic carbocycles. The molecule has 11 heteroatoms. The molecule has 2 aromatic carbocycles. The van der Waals surface area contributed by atoms with Crippen LogP contribution in [0.2, 0.25) is 0 Å². The quantitative estimate of drug-likeness (QED) is 0.204. The first-order valence-electron chi connectivity index (χ1n) is 13.3. The van der Waals surface area contributed by atoms with Crippen molar-refractivity contribution in [1.29, 1.82) is 0 Å². The van der Waals surface area contributed by atoms with Crippen LogP contribution in [0.3, 0.4) is 0 Å². The number of anilines is 1. The molecule has 0 bridgehead atoms. The van der Waals surface area contributed by atoms with Crippen LogP contribution in [-0.4, -0.2) is 33.8 Å². The van der Waals surface area contributed by atoms with Gasteiger partial charge < -0.3 is 25.0 Å². The maximum Gasteiger partial charge on any atom is 0.299 e. The predicted octanol–water partition coefficient (Wildman–Crippen LogP) is 6.31. The van der Waals surface area contributed by atoms with Gasteiger partial charge in [-0.2, -0.15) is 0 Å². The Morgan fingerprint density at radius 1 is 1.02 bits per heavy atom. The predicted molar refractivity (Wildman–Crippen MR) is 153 cm³/mol. The van der Waals surface area contributed by atoms with E-state index in [-0.39, 0.29) is 52.3 Å². The van der Waals surface area contributed by atoms with Crippen molar-refractivity contribution in [1.82, 2.24) is 14.8 Å². The maximum atomic E-state index is 13.3. The largest absolute Gasteiger partial charge is 0.758 e. The number of azo groups is 1. The first-order valence-corrected chi connectivity index (χ1v) is 13.3. The van der Waals surface area contributed by atoms with Gasteiger partial charge in [0.25, 0.3) is 11.5 Å². The molecule has 1 aliphatic rings. The Balaban J connectivity index is 1.51. The Morgan fingerprint density at radius 2 is 1.80 bits per heavy atom. The zero-order chi connectivity index (χ0) is 28.4. The van der Waals surface area contributed by atoms with Gasteiger partial charge in [0.05, 0.1) is 17.1 Å². The van der Waals surface area contributed by atoms with E-state index in [4.69, 9.17) is 4.42 Å². The number of amides is 1. The van der Waals surface area contributed by atoms with Gasteiger partial charge in [-0.25, -0.2) is 4.68 Å². The number of nitrogens with one attached hydrogen (secondary N) is 1. The number of furan rings is 1. The Kier molecular flexibility index (Phi) is 7.67. The van der Waals surface area contributed by atoms with Gasteiger partial charge in [0, 0.05) is 18.7 Å². The lowest BCUT2D eigenvalue weighted by Crippen LogP contribution is -2.23. The highest BCUT2D eigenvalue weighted by atomic mass is 16.5. The Hall–Kier alpha value is -4.48. The molecular formula is C29H30N6O5-2. The van der Waals surface area contributed by atoms with E-state index in [9.17, 15) is 20.0 Å². The van der Waals surface area contributed by atoms with Crippen LogP contribution >= 0.6 is 0 Å². The number of rotatable bonds is 8. The second-order valence-corrected chi connectivity index (χ2v) is 9.62. The second-order valence-electron chi connectivity index (χ2n) is 9.62. The van der Waals surface area contributed by atoms with Crippen LogP contribution in [0.4, 0.5) is 17.1 Å². The highest BCUT2D eigenvalue weighted by molar-refractivity contribution is 5.93. The van der Waals surface area contributed by atoms with Crippen LogP contribution in [-0.2, 0) is 12.8 Å². The first kappa shape index (κ1) is 27.1. The molecule has 5 rings (SSSR count). The number of hydroxylamine groups is 3. The van der Waals surface area contributed by atoms with Crippen molar-refractivity contribution in [3.63, 3.8) is 0 Å². The van der Waals surface area contributed by atoms with Crippen LogP contribution in [0.25, 0.3) is 17.0 Å². The third kappa shape index (κ3) is 5.08. The summed E-state index contributed by atoms with van der Waals surface area (Å²) in [6.07, 6.45) is 4.35. The number of benzene rings is 2. The number of H-pyrrole nitrogens is 1. The monoisotopic (exact) mass is 542 g/mol. The average Bonchev–Trinajstić information content (AvgIpc) is 3.58. The lowest BCUT2D eigenvalue weighted by atomic mass is 9.91. The lowest BCUT2D eigenvalue weighted by molar-refractivity contribution is 0.0799. The summed E-state index contributed by atoms with van der Waals surface area (Å²) in [5.74, 6) is -0.718. The molecular weight excluding hydrogens is 512 g/mol. The Bertz CT molecular complexity index is 1630. The summed E-state index contributed by atoms with van der Waals surface area (Å²) in [5.41, 5.74) is 4.38. The highest BCUT2D eigenvalue weighted by Gasteiger charge is 2.19. The van der Waals surface area contributed by atoms with Crippen LogP contribution < -0.4 is 10.6 Å². The van der Waals surface area contributed by atoms with E-state index >= 15 is 0 Å². The summed E-state index contributed by atoms with van der Waals surface area (Å²) in [5, 5.41) is 37.4. The molecule has 0 spiro atoms. The molecule has 0 unspecified atom stereocenters. The number of fused-ring (bicyclic) bond motifs is 1. The van der Waals surface area contributed by atoms with E-state index in [1.54, 1.807) is 39.0 Å². The van der Waals surface area contributed by atoms with E-state index in [0.29, 0.717) is 11.3 Å². The maximum absolute atomic E-state index is 13.3. The van der Waals surface area contributed by atoms with E-state index in [2.05, 4.69) is 21.4 Å². The first-order chi connectivity index (χ1) is 19.3. The lowest BCUT2D eigenvalue weighted by Gasteiger charge is -2.31. The van der Waals surface area contributed by atoms with E-state index in [1.807, 2.05) is 12.1 Å². The number of aryl methyl sites for hydroxylation is 3. The molecule has 11 nitrogen and oxygen atoms in total. The van der Waals surface area contributed by atoms with Crippen molar-refractivity contribution >= 4 is 23.0 Å². The molecule has 2 aromatic heterocycles. The summed E-state index contributed by atoms with van der Waals surface area (Å²) in [6, 6.07) is 13.9. The minimum Gasteiger partial charge on any atom is -0.758 e. The summed E-state index contributed by atoms with van der Waals surface area (Å²) in [7, 11) is 0. The molecule has 0 fully saturated rings. The topological polar surface area (TPSA) is 145 Å². The van der Waals surface area contributed by atoms with Crippen LogP contribution in [0.15, 0.2) is 68.0 Å². The molecule has 0 radical (unpaired) electrons. The smallest absolute Gasteiger partial charge is 0.299 e. The number of aromatic amines is 1. The number of hydrogen-bond acceptors (Lipinski definition) is 8. The zero-order valence-electron chi connectivity index (χ0n) is 22.6. The second kappa shape index (κ2) is 11.3. The molecule has 0 saturated heterocycles. The standard InChI is InChI=1S/C29H30N6O5/c1-4-33(38)27-22(24-15-16-25(40-24)28(36)34(39)5-2)11-8-12-23(27)30-31-26-18(3)32-35(29(26)37)21-14-13-19-9-6-7-10-20(19)17-21/h8,11-17,32H,4-7,9-10H2,1-3H3/q-2. The fourth-order valence-corrected chi connectivity index (χ4v) is 4.90. The number of nitrogens with zero attached hydrogens (tertiary/aromatic N) is 5. The molecule has 1 N–H and O–H groups in total. The molecule has 0 aliphatic heterocycles. The third-order valence-electron chi connectivity index (χ3n) is 7.04. The van der Waals surface area contributed by atoms with Gasteiger partial charge in [0.1, 0.15) is 11.4 Å². The van der Waals surface area contributed by atoms with E-state index < -0.39 is 5.91 Å². The normalized spacial score (nSPS) is 13.0. The molecule has 2 heterocycles. The minimum absolute atomic E-state index is 0.0209. The Morgan fingerprint density at radius 3 is 2.55 bits per heavy atom. The summed E-state index contributed by atoms with van der Waals surface area (Å²) >= 11 is 0. The van der Waals surface area contributed by atoms with Crippen molar-refractivity contribution in [3.8, 4) is 17.0 Å². The molecule has 0 saturated carbocycles. The molecule has 0 atom stereocenters. The molecule has 1 amide bonds. The number of carbonyl (C=O) groups excluding carboxylic acids is 1. The number of carbonyl (C=O) groups is 1. The molecule has 208 valence electrons. The summed E-state index contributed by atoms with van der Waals surface area (Å²) in [6.45, 7) is 5.07. The third-order valence-corrected chi connectivity index (χ3v) is 7.04. The van der Waals surface area contributed by atoms with E-state index in [1.165, 1.54) is 34.4 Å². The van der Waals surface area contributed by atoms with Crippen molar-refractivity contribution in [3.05, 3.63) is 91.9 Å². The summed E-state index contributed by atoms with van der Waals surface area (Å²) in [4.78, 5) is 25.6. The zero-order valence-corrected chi connectivity index (χ0v) is 22.6. The number of para-hydroxylation sites is 1. The van der Waals surface area contributed by atoms with Gasteiger partial charge in [-0.3, -0.25) is 14.7 Å². The minimum atomic E-state index is -0.807. The summed E-state index contributed by atoms with van der Waals surface area (Å²) < 4.78 is 7.11. The fraction of sp³-hybridized carbons (Fsp3) is 0.310. The van der Waals surface area contributed by atoms with Crippen LogP contribution in [0.5, 0.6) is 0 Å². The van der Waals surface area contributed by atoms with Gasteiger partial charge in [-0.1, -0.05) is 12.1 Å². The van der Waals surface area contributed by atoms with Gasteiger partial charge in [-0.05, 0) is 94.0 Å². The van der Waals surface area contributed by atoms with Gasteiger partial charge in [0.15, 0.2) is 11.4 Å². The molecule has 40 heavy (non-hydrogen) atoms. The fourth-order valence-electron chi connectivity index (χ4n) is 4.90. The highest BCUT2D eigenvalue weighted by Crippen LogP contribution is 2.40. The number of hydrogen-bond donors (Lipinski definition) is 1. The molecule has 4 aromatic rings. The SMILES string of the molecule is CCN([O-])C(=O)c1ccc(-c2cccc(N=Nc3c(C)[nH]n(-c4ccc5c(c4)CCCC5)c3=O)c2N([O-])CC)o1. The van der Waals surface area contributed by atoms with Gasteiger partial charge in [0.2, 0.25) is 0 Å². The van der Waals surface area contributed by atoms with Crippen LogP contribution in [0.1, 0.15) is 54.1 Å². The average molecular weight is 543 g/mol. The van der Waals surface area contributed by atoms with Crippen molar-refractivity contribution < 1.29 is 9.21 Å². The van der Waals surface area contributed by atoms with Crippen molar-refractivity contribution in [2.24, 2.45) is 10.2 Å². The Labute approximate surface area is 230 Å². The van der Waals surface area contributed by atoms with Crippen molar-refractivity contribution in [2.45, 2.75) is 46.5 Å². The van der Waals surface area contributed by atoms with Gasteiger partial charge >= 0.3 is 0 Å². The van der Waals surface area contributed by atoms with Crippen LogP contribution in [0, 0.1) is 17.3 Å².